The molecule has 1 saturated carbocycles. The van der Waals surface area contributed by atoms with Crippen LogP contribution in [0.5, 0.6) is 0 Å². The maximum atomic E-state index is 3.77. The summed E-state index contributed by atoms with van der Waals surface area (Å²) in [5.74, 6) is 1.90. The summed E-state index contributed by atoms with van der Waals surface area (Å²) in [5.41, 5.74) is 0. The molecule has 0 aromatic rings. The van der Waals surface area contributed by atoms with Gasteiger partial charge in [0, 0.05) is 12.1 Å². The number of piperidine rings is 1. The zero-order chi connectivity index (χ0) is 8.55. The summed E-state index contributed by atoms with van der Waals surface area (Å²) in [7, 11) is 0. The third-order valence-corrected chi connectivity index (χ3v) is 3.91. The van der Waals surface area contributed by atoms with Crippen molar-refractivity contribution in [2.45, 2.75) is 58.0 Å². The lowest BCUT2D eigenvalue weighted by Crippen LogP contribution is -2.51. The quantitative estimate of drug-likeness (QED) is 0.584. The molecule has 4 atom stereocenters. The Bertz CT molecular complexity index is 137. The molecule has 0 radical (unpaired) electrons. The number of fused-ring (bicyclic) bond motifs is 1. The van der Waals surface area contributed by atoms with Crippen molar-refractivity contribution in [3.63, 3.8) is 0 Å². The molecular weight excluding hydrogens is 146 g/mol. The van der Waals surface area contributed by atoms with Gasteiger partial charge in [-0.2, -0.15) is 0 Å². The van der Waals surface area contributed by atoms with E-state index in [1.54, 1.807) is 0 Å². The summed E-state index contributed by atoms with van der Waals surface area (Å²) in [5, 5.41) is 3.77. The number of rotatable bonds is 0. The molecule has 1 N–H and O–H groups in total. The minimum Gasteiger partial charge on any atom is -0.311 e. The van der Waals surface area contributed by atoms with Crippen LogP contribution in [0.2, 0.25) is 0 Å². The minimum atomic E-state index is 0.754. The minimum absolute atomic E-state index is 0.754. The van der Waals surface area contributed by atoms with E-state index in [4.69, 9.17) is 0 Å². The zero-order valence-electron chi connectivity index (χ0n) is 8.34. The van der Waals surface area contributed by atoms with Gasteiger partial charge in [0.2, 0.25) is 0 Å². The van der Waals surface area contributed by atoms with Gasteiger partial charge < -0.3 is 5.32 Å². The Kier molecular flexibility index (Phi) is 2.40. The number of hydrogen-bond donors (Lipinski definition) is 1. The summed E-state index contributed by atoms with van der Waals surface area (Å²) in [6.07, 6.45) is 7.31. The molecule has 0 aromatic heterocycles. The van der Waals surface area contributed by atoms with E-state index in [1.807, 2.05) is 0 Å². The Morgan fingerprint density at radius 2 is 1.83 bits per heavy atom. The molecule has 1 aliphatic heterocycles. The van der Waals surface area contributed by atoms with E-state index in [-0.39, 0.29) is 0 Å². The molecule has 0 spiro atoms. The first-order valence-electron chi connectivity index (χ1n) is 5.53. The second kappa shape index (κ2) is 3.37. The highest BCUT2D eigenvalue weighted by Crippen LogP contribution is 2.34. The molecule has 1 saturated heterocycles. The van der Waals surface area contributed by atoms with Crippen molar-refractivity contribution in [3.8, 4) is 0 Å². The fraction of sp³-hybridized carbons (Fsp3) is 1.00. The molecule has 70 valence electrons. The Balaban J connectivity index is 1.98. The third kappa shape index (κ3) is 1.52. The lowest BCUT2D eigenvalue weighted by atomic mass is 9.74. The smallest absolute Gasteiger partial charge is 0.00980 e. The van der Waals surface area contributed by atoms with Gasteiger partial charge in [0.25, 0.3) is 0 Å². The number of nitrogens with one attached hydrogen (secondary N) is 1. The van der Waals surface area contributed by atoms with Crippen LogP contribution in [0.4, 0.5) is 0 Å². The van der Waals surface area contributed by atoms with E-state index in [9.17, 15) is 0 Å². The Morgan fingerprint density at radius 1 is 1.08 bits per heavy atom. The largest absolute Gasteiger partial charge is 0.311 e. The monoisotopic (exact) mass is 167 g/mol. The molecule has 4 unspecified atom stereocenters. The van der Waals surface area contributed by atoms with Gasteiger partial charge in [-0.3, -0.25) is 0 Å². The molecule has 2 rings (SSSR count). The van der Waals surface area contributed by atoms with Crippen LogP contribution in [0.25, 0.3) is 0 Å². The van der Waals surface area contributed by atoms with Crippen molar-refractivity contribution in [2.24, 2.45) is 11.8 Å². The summed E-state index contributed by atoms with van der Waals surface area (Å²) < 4.78 is 0. The molecule has 0 aromatic carbocycles. The third-order valence-electron chi connectivity index (χ3n) is 3.91. The molecule has 1 aliphatic carbocycles. The van der Waals surface area contributed by atoms with Crippen LogP contribution in [0.1, 0.15) is 46.0 Å². The summed E-state index contributed by atoms with van der Waals surface area (Å²) in [6.45, 7) is 4.73. The first-order chi connectivity index (χ1) is 5.77. The Hall–Kier alpha value is -0.0400. The predicted octanol–water partition coefficient (Wildman–Crippen LogP) is 2.56. The highest BCUT2D eigenvalue weighted by atomic mass is 15.0. The van der Waals surface area contributed by atoms with E-state index < -0.39 is 0 Å². The molecule has 1 nitrogen and oxygen atoms in total. The molecule has 1 heteroatoms. The fourth-order valence-electron chi connectivity index (χ4n) is 2.89. The van der Waals surface area contributed by atoms with Gasteiger partial charge in [-0.15, -0.1) is 0 Å². The molecule has 2 fully saturated rings. The van der Waals surface area contributed by atoms with E-state index >= 15 is 0 Å². The lowest BCUT2D eigenvalue weighted by Gasteiger charge is -2.42. The van der Waals surface area contributed by atoms with Gasteiger partial charge in [0.15, 0.2) is 0 Å². The van der Waals surface area contributed by atoms with Gasteiger partial charge >= 0.3 is 0 Å². The maximum Gasteiger partial charge on any atom is 0.00980 e. The highest BCUT2D eigenvalue weighted by Gasteiger charge is 2.33. The second-order valence-electron chi connectivity index (χ2n) is 4.82. The second-order valence-corrected chi connectivity index (χ2v) is 4.82. The van der Waals surface area contributed by atoms with E-state index in [0.29, 0.717) is 0 Å². The van der Waals surface area contributed by atoms with Crippen LogP contribution in [-0.2, 0) is 0 Å². The first-order valence-corrected chi connectivity index (χ1v) is 5.53. The molecule has 12 heavy (non-hydrogen) atoms. The molecule has 0 bridgehead atoms. The average Bonchev–Trinajstić information content (AvgIpc) is 2.07. The summed E-state index contributed by atoms with van der Waals surface area (Å²) >= 11 is 0. The fourth-order valence-corrected chi connectivity index (χ4v) is 2.89. The van der Waals surface area contributed by atoms with E-state index in [1.165, 1.54) is 32.1 Å². The van der Waals surface area contributed by atoms with Gasteiger partial charge in [0.05, 0.1) is 0 Å². The molecule has 0 amide bonds. The van der Waals surface area contributed by atoms with Gasteiger partial charge in [-0.05, 0) is 38.0 Å². The SMILES string of the molecule is CC1CC2CCCCC2NC1C. The van der Waals surface area contributed by atoms with Gasteiger partial charge in [0.1, 0.15) is 0 Å². The summed E-state index contributed by atoms with van der Waals surface area (Å²) in [4.78, 5) is 0. The standard InChI is InChI=1S/C11H21N/c1-8-7-10-5-3-4-6-11(10)12-9(8)2/h8-12H,3-7H2,1-2H3. The van der Waals surface area contributed by atoms with Crippen molar-refractivity contribution >= 4 is 0 Å². The van der Waals surface area contributed by atoms with Crippen LogP contribution in [0.15, 0.2) is 0 Å². The van der Waals surface area contributed by atoms with Crippen molar-refractivity contribution < 1.29 is 0 Å². The lowest BCUT2D eigenvalue weighted by molar-refractivity contribution is 0.139. The van der Waals surface area contributed by atoms with Crippen molar-refractivity contribution in [1.82, 2.24) is 5.32 Å². The summed E-state index contributed by atoms with van der Waals surface area (Å²) in [6, 6.07) is 1.62. The van der Waals surface area contributed by atoms with Gasteiger partial charge in [-0.1, -0.05) is 19.8 Å². The Labute approximate surface area is 75.9 Å². The van der Waals surface area contributed by atoms with Crippen LogP contribution >= 0.6 is 0 Å². The van der Waals surface area contributed by atoms with Crippen LogP contribution in [0, 0.1) is 11.8 Å². The average molecular weight is 167 g/mol. The first kappa shape index (κ1) is 8.55. The topological polar surface area (TPSA) is 12.0 Å². The highest BCUT2D eigenvalue weighted by molar-refractivity contribution is 4.90. The van der Waals surface area contributed by atoms with Gasteiger partial charge in [-0.25, -0.2) is 0 Å². The van der Waals surface area contributed by atoms with Crippen LogP contribution in [0.3, 0.4) is 0 Å². The predicted molar refractivity (Wildman–Crippen MR) is 52.1 cm³/mol. The molecular formula is C11H21N. The van der Waals surface area contributed by atoms with Crippen molar-refractivity contribution in [2.75, 3.05) is 0 Å². The maximum absolute atomic E-state index is 3.77. The van der Waals surface area contributed by atoms with E-state index in [2.05, 4.69) is 19.2 Å². The van der Waals surface area contributed by atoms with Crippen molar-refractivity contribution in [3.05, 3.63) is 0 Å². The normalized spacial score (nSPS) is 48.5. The van der Waals surface area contributed by atoms with Crippen LogP contribution < -0.4 is 5.32 Å². The zero-order valence-corrected chi connectivity index (χ0v) is 8.34. The van der Waals surface area contributed by atoms with E-state index in [0.717, 1.165) is 23.9 Å². The molecule has 2 aliphatic rings. The Morgan fingerprint density at radius 3 is 2.67 bits per heavy atom. The van der Waals surface area contributed by atoms with Crippen molar-refractivity contribution in [1.29, 1.82) is 0 Å². The van der Waals surface area contributed by atoms with Crippen LogP contribution in [-0.4, -0.2) is 12.1 Å². The molecule has 1 heterocycles. The number of hydrogen-bond acceptors (Lipinski definition) is 1.